The minimum atomic E-state index is -0.461. The van der Waals surface area contributed by atoms with Crippen molar-refractivity contribution in [3.63, 3.8) is 0 Å². The van der Waals surface area contributed by atoms with Crippen LogP contribution in [-0.4, -0.2) is 66.2 Å². The van der Waals surface area contributed by atoms with Gasteiger partial charge in [0.1, 0.15) is 5.60 Å². The normalized spacial score (nSPS) is 26.6. The Morgan fingerprint density at radius 1 is 1.45 bits per heavy atom. The van der Waals surface area contributed by atoms with Crippen molar-refractivity contribution >= 4 is 6.09 Å². The fourth-order valence-electron chi connectivity index (χ4n) is 2.72. The van der Waals surface area contributed by atoms with Crippen molar-refractivity contribution < 1.29 is 19.4 Å². The van der Waals surface area contributed by atoms with Crippen LogP contribution in [0, 0.1) is 0 Å². The largest absolute Gasteiger partial charge is 0.444 e. The van der Waals surface area contributed by atoms with E-state index in [0.717, 1.165) is 19.4 Å². The van der Waals surface area contributed by atoms with Gasteiger partial charge in [0.05, 0.1) is 18.3 Å². The summed E-state index contributed by atoms with van der Waals surface area (Å²) in [5.74, 6) is 0. The summed E-state index contributed by atoms with van der Waals surface area (Å²) < 4.78 is 11.4. The quantitative estimate of drug-likeness (QED) is 0.744. The second kappa shape index (κ2) is 5.87. The van der Waals surface area contributed by atoms with E-state index in [4.69, 9.17) is 9.47 Å². The molecule has 0 bridgehead atoms. The highest BCUT2D eigenvalue weighted by Gasteiger charge is 2.41. The fraction of sp³-hybridized carbons (Fsp3) is 0.929. The van der Waals surface area contributed by atoms with Gasteiger partial charge in [-0.15, -0.1) is 0 Å². The average molecular weight is 286 g/mol. The molecule has 0 aromatic carbocycles. The number of hydrogen-bond donors (Lipinski definition) is 2. The van der Waals surface area contributed by atoms with Crippen LogP contribution in [0.5, 0.6) is 0 Å². The third-order valence-corrected chi connectivity index (χ3v) is 3.77. The summed E-state index contributed by atoms with van der Waals surface area (Å²) in [5.41, 5.74) is -0.707. The Kier molecular flexibility index (Phi) is 4.56. The fourth-order valence-corrected chi connectivity index (χ4v) is 2.72. The van der Waals surface area contributed by atoms with Gasteiger partial charge < -0.3 is 24.8 Å². The number of aliphatic hydroxyl groups excluding tert-OH is 1. The van der Waals surface area contributed by atoms with E-state index in [-0.39, 0.29) is 24.4 Å². The first-order valence-corrected chi connectivity index (χ1v) is 7.31. The Morgan fingerprint density at radius 2 is 2.10 bits per heavy atom. The number of ether oxygens (including phenoxy) is 2. The molecule has 2 fully saturated rings. The standard InChI is InChI=1S/C14H26N2O4/c1-13(2,3)20-12(18)16-6-4-14(5-7-16)10-15-8-11(9-17)19-14/h11,15,17H,4-10H2,1-3H3/t11-/m1/s1. The van der Waals surface area contributed by atoms with E-state index in [1.807, 2.05) is 20.8 Å². The van der Waals surface area contributed by atoms with Crippen LogP contribution in [0.15, 0.2) is 0 Å². The number of likely N-dealkylation sites (tertiary alicyclic amines) is 1. The predicted molar refractivity (Wildman–Crippen MR) is 74.6 cm³/mol. The number of nitrogens with one attached hydrogen (secondary N) is 1. The Morgan fingerprint density at radius 3 is 2.65 bits per heavy atom. The van der Waals surface area contributed by atoms with Gasteiger partial charge in [0.25, 0.3) is 0 Å². The number of piperidine rings is 1. The summed E-state index contributed by atoms with van der Waals surface area (Å²) in [7, 11) is 0. The van der Waals surface area contributed by atoms with Crippen LogP contribution >= 0.6 is 0 Å². The van der Waals surface area contributed by atoms with Crippen LogP contribution in [0.25, 0.3) is 0 Å². The molecular formula is C14H26N2O4. The van der Waals surface area contributed by atoms with Crippen molar-refractivity contribution in [3.8, 4) is 0 Å². The van der Waals surface area contributed by atoms with Crippen molar-refractivity contribution in [3.05, 3.63) is 0 Å². The van der Waals surface area contributed by atoms with E-state index >= 15 is 0 Å². The summed E-state index contributed by atoms with van der Waals surface area (Å²) in [5, 5.41) is 12.5. The molecule has 116 valence electrons. The summed E-state index contributed by atoms with van der Waals surface area (Å²) >= 11 is 0. The summed E-state index contributed by atoms with van der Waals surface area (Å²) in [6.45, 7) is 8.39. The molecule has 6 heteroatoms. The number of carbonyl (C=O) groups is 1. The third kappa shape index (κ3) is 3.84. The van der Waals surface area contributed by atoms with Gasteiger partial charge in [-0.2, -0.15) is 0 Å². The maximum absolute atomic E-state index is 12.0. The van der Waals surface area contributed by atoms with Gasteiger partial charge in [-0.05, 0) is 33.6 Å². The smallest absolute Gasteiger partial charge is 0.410 e. The molecule has 0 aromatic rings. The number of morpholine rings is 1. The molecule has 2 aliphatic heterocycles. The second-order valence-corrected chi connectivity index (χ2v) is 6.70. The van der Waals surface area contributed by atoms with E-state index in [1.165, 1.54) is 0 Å². The van der Waals surface area contributed by atoms with E-state index in [9.17, 15) is 9.90 Å². The molecule has 2 N–H and O–H groups in total. The zero-order chi connectivity index (χ0) is 14.8. The lowest BCUT2D eigenvalue weighted by molar-refractivity contribution is -0.151. The van der Waals surface area contributed by atoms with E-state index in [0.29, 0.717) is 19.6 Å². The van der Waals surface area contributed by atoms with Gasteiger partial charge in [-0.25, -0.2) is 4.79 Å². The van der Waals surface area contributed by atoms with E-state index in [1.54, 1.807) is 4.90 Å². The number of nitrogens with zero attached hydrogens (tertiary/aromatic N) is 1. The minimum absolute atomic E-state index is 0.0323. The molecule has 1 atom stereocenters. The highest BCUT2D eigenvalue weighted by molar-refractivity contribution is 5.68. The molecule has 2 rings (SSSR count). The summed E-state index contributed by atoms with van der Waals surface area (Å²) in [6, 6.07) is 0. The van der Waals surface area contributed by atoms with Crippen LogP contribution in [0.1, 0.15) is 33.6 Å². The average Bonchev–Trinajstić information content (AvgIpc) is 2.37. The molecule has 2 aliphatic rings. The Hall–Kier alpha value is -0.850. The molecule has 0 saturated carbocycles. The first-order chi connectivity index (χ1) is 9.34. The number of carbonyl (C=O) groups excluding carboxylic acids is 1. The van der Waals surface area contributed by atoms with Crippen LogP contribution in [0.4, 0.5) is 4.79 Å². The van der Waals surface area contributed by atoms with Gasteiger partial charge in [0.15, 0.2) is 0 Å². The van der Waals surface area contributed by atoms with Crippen LogP contribution in [0.3, 0.4) is 0 Å². The minimum Gasteiger partial charge on any atom is -0.444 e. The van der Waals surface area contributed by atoms with Crippen molar-refractivity contribution in [1.82, 2.24) is 10.2 Å². The van der Waals surface area contributed by atoms with Crippen LogP contribution in [0.2, 0.25) is 0 Å². The van der Waals surface area contributed by atoms with Gasteiger partial charge in [-0.3, -0.25) is 0 Å². The summed E-state index contributed by atoms with van der Waals surface area (Å²) in [6.07, 6.45) is 1.15. The Bertz CT molecular complexity index is 346. The van der Waals surface area contributed by atoms with Gasteiger partial charge in [0.2, 0.25) is 0 Å². The molecule has 0 unspecified atom stereocenters. The molecule has 2 saturated heterocycles. The lowest BCUT2D eigenvalue weighted by Crippen LogP contribution is -2.59. The zero-order valence-electron chi connectivity index (χ0n) is 12.6. The highest BCUT2D eigenvalue weighted by atomic mass is 16.6. The Balaban J connectivity index is 1.87. The van der Waals surface area contributed by atoms with Crippen molar-refractivity contribution in [2.24, 2.45) is 0 Å². The van der Waals surface area contributed by atoms with Gasteiger partial charge >= 0.3 is 6.09 Å². The van der Waals surface area contributed by atoms with E-state index in [2.05, 4.69) is 5.32 Å². The highest BCUT2D eigenvalue weighted by Crippen LogP contribution is 2.30. The maximum atomic E-state index is 12.0. The molecule has 6 nitrogen and oxygen atoms in total. The van der Waals surface area contributed by atoms with Crippen LogP contribution in [-0.2, 0) is 9.47 Å². The molecule has 2 heterocycles. The molecule has 0 aliphatic carbocycles. The monoisotopic (exact) mass is 286 g/mol. The number of aliphatic hydroxyl groups is 1. The summed E-state index contributed by atoms with van der Waals surface area (Å²) in [4.78, 5) is 13.8. The lowest BCUT2D eigenvalue weighted by atomic mass is 9.89. The number of amides is 1. The maximum Gasteiger partial charge on any atom is 0.410 e. The van der Waals surface area contributed by atoms with Crippen LogP contribution < -0.4 is 5.32 Å². The third-order valence-electron chi connectivity index (χ3n) is 3.77. The molecule has 0 aromatic heterocycles. The SMILES string of the molecule is CC(C)(C)OC(=O)N1CCC2(CC1)CNC[C@H](CO)O2. The predicted octanol–water partition coefficient (Wildman–Crippen LogP) is 0.737. The zero-order valence-corrected chi connectivity index (χ0v) is 12.6. The second-order valence-electron chi connectivity index (χ2n) is 6.70. The Labute approximate surface area is 120 Å². The van der Waals surface area contributed by atoms with Crippen molar-refractivity contribution in [2.45, 2.75) is 50.9 Å². The van der Waals surface area contributed by atoms with Gasteiger partial charge in [0, 0.05) is 26.2 Å². The topological polar surface area (TPSA) is 71.0 Å². The molecule has 0 radical (unpaired) electrons. The molecule has 20 heavy (non-hydrogen) atoms. The van der Waals surface area contributed by atoms with Crippen molar-refractivity contribution in [1.29, 1.82) is 0 Å². The first kappa shape index (κ1) is 15.5. The molecule has 1 spiro atoms. The van der Waals surface area contributed by atoms with Gasteiger partial charge in [-0.1, -0.05) is 0 Å². The number of hydrogen-bond acceptors (Lipinski definition) is 5. The van der Waals surface area contributed by atoms with E-state index < -0.39 is 5.60 Å². The lowest BCUT2D eigenvalue weighted by Gasteiger charge is -2.46. The molecule has 1 amide bonds. The first-order valence-electron chi connectivity index (χ1n) is 7.31. The van der Waals surface area contributed by atoms with Crippen molar-refractivity contribution in [2.75, 3.05) is 32.8 Å². The number of rotatable bonds is 1. The molecular weight excluding hydrogens is 260 g/mol.